The second-order valence-electron chi connectivity index (χ2n) is 5.20. The fourth-order valence-corrected chi connectivity index (χ4v) is 3.52. The fraction of sp³-hybridized carbons (Fsp3) is 0.118. The lowest BCUT2D eigenvalue weighted by molar-refractivity contribution is 0.789. The van der Waals surface area contributed by atoms with Crippen LogP contribution in [0.4, 0.5) is 5.13 Å². The molecule has 0 spiro atoms. The second-order valence-corrected chi connectivity index (χ2v) is 6.23. The van der Waals surface area contributed by atoms with E-state index >= 15 is 0 Å². The summed E-state index contributed by atoms with van der Waals surface area (Å²) in [7, 11) is 0. The van der Waals surface area contributed by atoms with Crippen molar-refractivity contribution in [2.75, 3.05) is 11.9 Å². The van der Waals surface area contributed by atoms with Crippen molar-refractivity contribution in [3.63, 3.8) is 0 Å². The molecular formula is C17H15N5S. The Labute approximate surface area is 137 Å². The number of fused-ring (bicyclic) bond motifs is 3. The number of aromatic nitrogens is 3. The second kappa shape index (κ2) is 5.91. The Morgan fingerprint density at radius 3 is 2.65 bits per heavy atom. The number of hydrogen-bond acceptors (Lipinski definition) is 6. The van der Waals surface area contributed by atoms with Crippen LogP contribution in [-0.2, 0) is 0 Å². The van der Waals surface area contributed by atoms with Gasteiger partial charge in [-0.3, -0.25) is 9.97 Å². The van der Waals surface area contributed by atoms with Crippen molar-refractivity contribution in [2.24, 2.45) is 5.73 Å². The molecule has 1 unspecified atom stereocenters. The van der Waals surface area contributed by atoms with Gasteiger partial charge >= 0.3 is 0 Å². The van der Waals surface area contributed by atoms with Crippen LogP contribution in [0.3, 0.4) is 0 Å². The normalized spacial score (nSPS) is 12.6. The van der Waals surface area contributed by atoms with Gasteiger partial charge in [0.25, 0.3) is 0 Å². The van der Waals surface area contributed by atoms with Gasteiger partial charge in [0.2, 0.25) is 0 Å². The van der Waals surface area contributed by atoms with Crippen molar-refractivity contribution in [3.05, 3.63) is 60.4 Å². The van der Waals surface area contributed by atoms with Crippen LogP contribution < -0.4 is 11.1 Å². The number of benzene rings is 2. The van der Waals surface area contributed by atoms with E-state index in [4.69, 9.17) is 10.7 Å². The number of anilines is 1. The minimum Gasteiger partial charge on any atom is -0.353 e. The van der Waals surface area contributed by atoms with Gasteiger partial charge in [-0.2, -0.15) is 0 Å². The largest absolute Gasteiger partial charge is 0.353 e. The molecule has 3 N–H and O–H groups in total. The zero-order valence-corrected chi connectivity index (χ0v) is 13.1. The molecule has 0 radical (unpaired) electrons. The van der Waals surface area contributed by atoms with Crippen molar-refractivity contribution < 1.29 is 0 Å². The van der Waals surface area contributed by atoms with Gasteiger partial charge < -0.3 is 11.1 Å². The first-order chi connectivity index (χ1) is 11.3. The molecule has 114 valence electrons. The van der Waals surface area contributed by atoms with Crippen LogP contribution in [-0.4, -0.2) is 21.5 Å². The maximum Gasteiger partial charge on any atom is 0.184 e. The molecule has 5 nitrogen and oxygen atoms in total. The Hall–Kier alpha value is -2.57. The first-order valence-corrected chi connectivity index (χ1v) is 8.18. The van der Waals surface area contributed by atoms with Crippen LogP contribution in [0.15, 0.2) is 54.9 Å². The molecule has 0 bridgehead atoms. The predicted octanol–water partition coefficient (Wildman–Crippen LogP) is 3.35. The SMILES string of the molecule is NCC(Nc1nc2c(ccc3nccnc32)s1)c1ccccc1. The minimum absolute atomic E-state index is 0.0362. The smallest absolute Gasteiger partial charge is 0.184 e. The monoisotopic (exact) mass is 321 g/mol. The molecule has 0 saturated heterocycles. The summed E-state index contributed by atoms with van der Waals surface area (Å²) in [5.41, 5.74) is 9.65. The van der Waals surface area contributed by atoms with Crippen LogP contribution in [0.5, 0.6) is 0 Å². The highest BCUT2D eigenvalue weighted by Crippen LogP contribution is 2.31. The van der Waals surface area contributed by atoms with Crippen LogP contribution in [0.1, 0.15) is 11.6 Å². The van der Waals surface area contributed by atoms with E-state index in [-0.39, 0.29) is 6.04 Å². The maximum atomic E-state index is 5.93. The van der Waals surface area contributed by atoms with Crippen LogP contribution in [0, 0.1) is 0 Å². The number of rotatable bonds is 4. The fourth-order valence-electron chi connectivity index (χ4n) is 2.60. The number of hydrogen-bond donors (Lipinski definition) is 2. The van der Waals surface area contributed by atoms with Crippen LogP contribution in [0.25, 0.3) is 21.3 Å². The lowest BCUT2D eigenvalue weighted by atomic mass is 10.1. The van der Waals surface area contributed by atoms with Crippen LogP contribution in [0.2, 0.25) is 0 Å². The highest BCUT2D eigenvalue weighted by Gasteiger charge is 2.13. The summed E-state index contributed by atoms with van der Waals surface area (Å²) in [6.07, 6.45) is 3.39. The Balaban J connectivity index is 1.73. The van der Waals surface area contributed by atoms with Gasteiger partial charge in [0.15, 0.2) is 5.13 Å². The highest BCUT2D eigenvalue weighted by atomic mass is 32.1. The Morgan fingerprint density at radius 2 is 1.83 bits per heavy atom. The molecule has 4 aromatic rings. The summed E-state index contributed by atoms with van der Waals surface area (Å²) in [5.74, 6) is 0. The summed E-state index contributed by atoms with van der Waals surface area (Å²) in [6.45, 7) is 0.500. The zero-order chi connectivity index (χ0) is 15.6. The first-order valence-electron chi connectivity index (χ1n) is 7.37. The third-order valence-electron chi connectivity index (χ3n) is 3.73. The van der Waals surface area contributed by atoms with E-state index in [2.05, 4.69) is 27.4 Å². The molecule has 0 saturated carbocycles. The first kappa shape index (κ1) is 14.0. The van der Waals surface area contributed by atoms with Crippen molar-refractivity contribution in [1.29, 1.82) is 0 Å². The summed E-state index contributed by atoms with van der Waals surface area (Å²) >= 11 is 1.60. The van der Waals surface area contributed by atoms with Crippen molar-refractivity contribution >= 4 is 37.7 Å². The van der Waals surface area contributed by atoms with Crippen molar-refractivity contribution in [2.45, 2.75) is 6.04 Å². The van der Waals surface area contributed by atoms with Gasteiger partial charge in [0.1, 0.15) is 11.0 Å². The predicted molar refractivity (Wildman–Crippen MR) is 94.6 cm³/mol. The van der Waals surface area contributed by atoms with Gasteiger partial charge in [-0.1, -0.05) is 41.7 Å². The summed E-state index contributed by atoms with van der Waals surface area (Å²) in [4.78, 5) is 13.4. The van der Waals surface area contributed by atoms with Gasteiger partial charge in [0, 0.05) is 18.9 Å². The maximum absolute atomic E-state index is 5.93. The summed E-state index contributed by atoms with van der Waals surface area (Å²) in [5, 5.41) is 4.28. The number of thiazole rings is 1. The standard InChI is InChI=1S/C17H15N5S/c18-10-13(11-4-2-1-3-5-11)21-17-22-16-14(23-17)7-6-12-15(16)20-9-8-19-12/h1-9,13H,10,18H2,(H,21,22). The average Bonchev–Trinajstić information content (AvgIpc) is 3.03. The lowest BCUT2D eigenvalue weighted by Gasteiger charge is -2.16. The van der Waals surface area contributed by atoms with Gasteiger partial charge in [-0.05, 0) is 17.7 Å². The molecule has 2 heterocycles. The van der Waals surface area contributed by atoms with Crippen molar-refractivity contribution in [1.82, 2.24) is 15.0 Å². The summed E-state index contributed by atoms with van der Waals surface area (Å²) in [6, 6.07) is 14.2. The topological polar surface area (TPSA) is 76.7 Å². The molecule has 0 fully saturated rings. The molecule has 2 aromatic heterocycles. The Kier molecular flexibility index (Phi) is 3.61. The Morgan fingerprint density at radius 1 is 1.00 bits per heavy atom. The van der Waals surface area contributed by atoms with E-state index in [0.29, 0.717) is 6.54 Å². The quantitative estimate of drug-likeness (QED) is 0.603. The highest BCUT2D eigenvalue weighted by molar-refractivity contribution is 7.22. The number of nitrogens with two attached hydrogens (primary N) is 1. The third-order valence-corrected chi connectivity index (χ3v) is 4.68. The summed E-state index contributed by atoms with van der Waals surface area (Å²) < 4.78 is 1.09. The van der Waals surface area contributed by atoms with E-state index in [1.165, 1.54) is 0 Å². The van der Waals surface area contributed by atoms with E-state index < -0.39 is 0 Å². The molecule has 0 aliphatic heterocycles. The van der Waals surface area contributed by atoms with Crippen LogP contribution >= 0.6 is 11.3 Å². The molecule has 23 heavy (non-hydrogen) atoms. The molecule has 0 amide bonds. The molecule has 0 aliphatic carbocycles. The van der Waals surface area contributed by atoms with E-state index in [9.17, 15) is 0 Å². The van der Waals surface area contributed by atoms with E-state index in [0.717, 1.165) is 31.9 Å². The molecular weight excluding hydrogens is 306 g/mol. The minimum atomic E-state index is 0.0362. The van der Waals surface area contributed by atoms with Gasteiger partial charge in [-0.25, -0.2) is 4.98 Å². The molecule has 0 aliphatic rings. The third kappa shape index (κ3) is 2.62. The van der Waals surface area contributed by atoms with Crippen molar-refractivity contribution in [3.8, 4) is 0 Å². The molecule has 2 aromatic carbocycles. The zero-order valence-electron chi connectivity index (χ0n) is 12.3. The van der Waals surface area contributed by atoms with Gasteiger partial charge in [-0.15, -0.1) is 0 Å². The molecule has 6 heteroatoms. The average molecular weight is 321 g/mol. The lowest BCUT2D eigenvalue weighted by Crippen LogP contribution is -2.20. The van der Waals surface area contributed by atoms with E-state index in [1.807, 2.05) is 30.3 Å². The Bertz CT molecular complexity index is 951. The molecule has 4 rings (SSSR count). The molecule has 1 atom stereocenters. The van der Waals surface area contributed by atoms with Gasteiger partial charge in [0.05, 0.1) is 16.3 Å². The number of nitrogens with zero attached hydrogens (tertiary/aromatic N) is 3. The number of nitrogens with one attached hydrogen (secondary N) is 1. The van der Waals surface area contributed by atoms with E-state index in [1.54, 1.807) is 23.7 Å².